The highest BCUT2D eigenvalue weighted by Gasteiger charge is 2.33. The summed E-state index contributed by atoms with van der Waals surface area (Å²) in [6.45, 7) is -0.721. The van der Waals surface area contributed by atoms with E-state index in [4.69, 9.17) is 15.3 Å². The van der Waals surface area contributed by atoms with Crippen molar-refractivity contribution in [2.24, 2.45) is 0 Å². The molecule has 0 aromatic rings. The van der Waals surface area contributed by atoms with Gasteiger partial charge in [-0.15, -0.1) is 0 Å². The quantitative estimate of drug-likeness (QED) is 0.0262. The number of nitrogens with zero attached hydrogens (tertiary/aromatic N) is 3. The standard InChI is InChI=1S/C41H61N9O20/c1-22(16-34(57)58)13-31(54)48(68)10-4-7-25-38(64)44-26(8-5-11-49(69)32(55)14-23(2)17-35(59)60)39(65)45-27(9-6-12-50(70)33(56)15-24(3)18-36(61)62)40(66)47-29(21-52)41(67)46-28(20-51)37(63)42-19-30(53)43-25/h13-15,25-29,51-52,68-70H,4-12,16-21H2,1-3H3,(H,42,63)(H,43,53)(H,44,64)(H,45,65)(H,46,67)(H,47,66)(H,57,58)(H,59,60)(H,61,62)/b22-13-,23-14+,24-15-. The molecular weight excluding hydrogens is 938 g/mol. The first-order chi connectivity index (χ1) is 32.8. The predicted molar refractivity (Wildman–Crippen MR) is 233 cm³/mol. The molecule has 0 saturated carbocycles. The zero-order chi connectivity index (χ0) is 53.2. The van der Waals surface area contributed by atoms with Crippen LogP contribution in [-0.4, -0.2) is 197 Å². The number of aliphatic carboxylic acids is 3. The Balaban J connectivity index is 3.72. The fourth-order valence-corrected chi connectivity index (χ4v) is 6.21. The zero-order valence-corrected chi connectivity index (χ0v) is 38.5. The SMILES string of the molecule is C/C(=C/C(=O)N(O)CCCC1NC(=O)CNC(=O)C(CO)NC(=O)C(CO)NC(=O)C(CCCN(O)C(=O)/C=C(/C)CC(=O)O)NC(=O)C(CCCN(O)C(=O)/C=C(\C)CC(=O)O)NC1=O)CC(=O)O. The van der Waals surface area contributed by atoms with E-state index in [-0.39, 0.29) is 51.2 Å². The van der Waals surface area contributed by atoms with Gasteiger partial charge in [0, 0.05) is 37.9 Å². The number of hydrogen-bond acceptors (Lipinski definition) is 17. The number of aliphatic hydroxyl groups excluding tert-OH is 2. The topological polar surface area (TPSA) is 449 Å². The summed E-state index contributed by atoms with van der Waals surface area (Å²) in [4.78, 5) is 152. The van der Waals surface area contributed by atoms with Crippen molar-refractivity contribution in [2.45, 2.75) is 109 Å². The molecule has 1 rings (SSSR count). The fraction of sp³-hybridized carbons (Fsp3) is 0.561. The van der Waals surface area contributed by atoms with Crippen LogP contribution >= 0.6 is 0 Å². The molecule has 70 heavy (non-hydrogen) atoms. The Bertz CT molecular complexity index is 2040. The number of carbonyl (C=O) groups excluding carboxylic acids is 9. The second-order valence-electron chi connectivity index (χ2n) is 15.9. The molecule has 1 aliphatic rings. The Labute approximate surface area is 399 Å². The van der Waals surface area contributed by atoms with Gasteiger partial charge in [0.05, 0.1) is 39.0 Å². The average Bonchev–Trinajstić information content (AvgIpc) is 3.26. The Morgan fingerprint density at radius 1 is 0.471 bits per heavy atom. The maximum atomic E-state index is 14.1. The Morgan fingerprint density at radius 2 is 0.743 bits per heavy atom. The fourth-order valence-electron chi connectivity index (χ4n) is 6.21. The molecule has 0 aromatic heterocycles. The number of aliphatic hydroxyl groups is 2. The summed E-state index contributed by atoms with van der Waals surface area (Å²) in [5.74, 6) is -13.8. The smallest absolute Gasteiger partial charge is 0.307 e. The highest BCUT2D eigenvalue weighted by atomic mass is 16.5. The molecule has 390 valence electrons. The third-order valence-electron chi connectivity index (χ3n) is 9.72. The molecule has 0 spiro atoms. The molecule has 5 unspecified atom stereocenters. The van der Waals surface area contributed by atoms with Gasteiger partial charge >= 0.3 is 17.9 Å². The second-order valence-corrected chi connectivity index (χ2v) is 15.9. The van der Waals surface area contributed by atoms with Crippen LogP contribution in [0.2, 0.25) is 0 Å². The monoisotopic (exact) mass is 999 g/mol. The van der Waals surface area contributed by atoms with Crippen LogP contribution in [0.1, 0.15) is 78.6 Å². The van der Waals surface area contributed by atoms with E-state index < -0.39 is 179 Å². The van der Waals surface area contributed by atoms with E-state index in [0.717, 1.165) is 18.2 Å². The number of carboxylic acids is 3. The molecule has 29 heteroatoms. The molecule has 0 bridgehead atoms. The minimum Gasteiger partial charge on any atom is -0.481 e. The molecule has 0 radical (unpaired) electrons. The summed E-state index contributed by atoms with van der Waals surface area (Å²) in [6, 6.07) is -8.76. The maximum Gasteiger partial charge on any atom is 0.307 e. The summed E-state index contributed by atoms with van der Waals surface area (Å²) in [5.41, 5.74) is 0.211. The van der Waals surface area contributed by atoms with Gasteiger partial charge in [-0.05, 0) is 59.3 Å². The van der Waals surface area contributed by atoms with Gasteiger partial charge in [-0.2, -0.15) is 0 Å². The molecule has 1 aliphatic heterocycles. The number of carbonyl (C=O) groups is 12. The first kappa shape index (κ1) is 60.7. The van der Waals surface area contributed by atoms with Crippen molar-refractivity contribution in [3.63, 3.8) is 0 Å². The van der Waals surface area contributed by atoms with Crippen LogP contribution in [-0.2, 0) is 57.5 Å². The molecule has 1 fully saturated rings. The normalized spacial score (nSPS) is 20.2. The van der Waals surface area contributed by atoms with Crippen molar-refractivity contribution < 1.29 is 98.7 Å². The van der Waals surface area contributed by atoms with Crippen molar-refractivity contribution in [1.29, 1.82) is 0 Å². The van der Waals surface area contributed by atoms with Gasteiger partial charge in [0.2, 0.25) is 35.4 Å². The Morgan fingerprint density at radius 3 is 1.04 bits per heavy atom. The highest BCUT2D eigenvalue weighted by molar-refractivity contribution is 5.98. The lowest BCUT2D eigenvalue weighted by molar-refractivity contribution is -0.160. The first-order valence-corrected chi connectivity index (χ1v) is 21.5. The van der Waals surface area contributed by atoms with Crippen LogP contribution in [0.3, 0.4) is 0 Å². The summed E-state index contributed by atoms with van der Waals surface area (Å²) in [6.07, 6.45) is -1.29. The van der Waals surface area contributed by atoms with Crippen LogP contribution in [0, 0.1) is 0 Å². The predicted octanol–water partition coefficient (Wildman–Crippen LogP) is -4.22. The Hall–Kier alpha value is -7.34. The van der Waals surface area contributed by atoms with E-state index >= 15 is 0 Å². The van der Waals surface area contributed by atoms with Crippen LogP contribution in [0.25, 0.3) is 0 Å². The molecule has 0 aliphatic carbocycles. The van der Waals surface area contributed by atoms with Gasteiger partial charge in [-0.25, -0.2) is 15.2 Å². The second kappa shape index (κ2) is 30.9. The van der Waals surface area contributed by atoms with E-state index in [1.54, 1.807) is 0 Å². The largest absolute Gasteiger partial charge is 0.481 e. The van der Waals surface area contributed by atoms with E-state index in [0.29, 0.717) is 0 Å². The highest BCUT2D eigenvalue weighted by Crippen LogP contribution is 2.10. The van der Waals surface area contributed by atoms with Gasteiger partial charge in [-0.1, -0.05) is 16.7 Å². The van der Waals surface area contributed by atoms with Crippen LogP contribution in [0.5, 0.6) is 0 Å². The lowest BCUT2D eigenvalue weighted by Crippen LogP contribution is -2.61. The number of nitrogens with one attached hydrogen (secondary N) is 6. The molecule has 9 amide bonds. The van der Waals surface area contributed by atoms with Gasteiger partial charge in [-0.3, -0.25) is 73.2 Å². The third kappa shape index (κ3) is 23.6. The number of amides is 9. The summed E-state index contributed by atoms with van der Waals surface area (Å²) in [5, 5.41) is 91.9. The maximum absolute atomic E-state index is 14.1. The number of rotatable bonds is 23. The van der Waals surface area contributed by atoms with Crippen molar-refractivity contribution in [3.05, 3.63) is 34.9 Å². The van der Waals surface area contributed by atoms with Gasteiger partial charge < -0.3 is 57.4 Å². The lowest BCUT2D eigenvalue weighted by Gasteiger charge is -2.28. The zero-order valence-electron chi connectivity index (χ0n) is 38.5. The molecule has 29 nitrogen and oxygen atoms in total. The van der Waals surface area contributed by atoms with Crippen LogP contribution in [0.4, 0.5) is 0 Å². The first-order valence-electron chi connectivity index (χ1n) is 21.5. The summed E-state index contributed by atoms with van der Waals surface area (Å²) < 4.78 is 0. The van der Waals surface area contributed by atoms with Crippen LogP contribution < -0.4 is 31.9 Å². The van der Waals surface area contributed by atoms with Gasteiger partial charge in [0.15, 0.2) is 0 Å². The minimum atomic E-state index is -1.86. The summed E-state index contributed by atoms with van der Waals surface area (Å²) in [7, 11) is 0. The molecule has 5 atom stereocenters. The van der Waals surface area contributed by atoms with E-state index in [2.05, 4.69) is 31.9 Å². The number of hydroxylamine groups is 6. The van der Waals surface area contributed by atoms with Crippen molar-refractivity contribution in [2.75, 3.05) is 39.4 Å². The minimum absolute atomic E-state index is 0.0649. The van der Waals surface area contributed by atoms with Gasteiger partial charge in [0.1, 0.15) is 30.2 Å². The Kier molecular flexibility index (Phi) is 26.8. The molecule has 1 saturated heterocycles. The molecule has 14 N–H and O–H groups in total. The van der Waals surface area contributed by atoms with E-state index in [1.807, 2.05) is 0 Å². The molecular formula is C41H61N9O20. The van der Waals surface area contributed by atoms with Crippen LogP contribution in [0.15, 0.2) is 34.9 Å². The lowest BCUT2D eigenvalue weighted by atomic mass is 10.0. The summed E-state index contributed by atoms with van der Waals surface area (Å²) >= 11 is 0. The third-order valence-corrected chi connectivity index (χ3v) is 9.72. The average molecular weight is 1000 g/mol. The van der Waals surface area contributed by atoms with E-state index in [9.17, 15) is 83.4 Å². The van der Waals surface area contributed by atoms with Crippen molar-refractivity contribution >= 4 is 71.1 Å². The molecule has 1 heterocycles. The number of carboxylic acid groups (broad SMARTS) is 3. The van der Waals surface area contributed by atoms with Gasteiger partial charge in [0.25, 0.3) is 17.7 Å². The molecule has 0 aromatic carbocycles. The van der Waals surface area contributed by atoms with Crippen molar-refractivity contribution in [3.8, 4) is 0 Å². The van der Waals surface area contributed by atoms with E-state index in [1.165, 1.54) is 20.8 Å². The van der Waals surface area contributed by atoms with Crippen molar-refractivity contribution in [1.82, 2.24) is 47.1 Å². The number of hydrogen-bond donors (Lipinski definition) is 14.